The highest BCUT2D eigenvalue weighted by Crippen LogP contribution is 2.35. The normalized spacial score (nSPS) is 27.6. The second kappa shape index (κ2) is 5.15. The van der Waals surface area contributed by atoms with Crippen LogP contribution in [0.3, 0.4) is 0 Å². The molecule has 0 aromatic carbocycles. The van der Waals surface area contributed by atoms with Gasteiger partial charge in [0.05, 0.1) is 6.10 Å². The molecule has 0 bridgehead atoms. The number of carboxylic acid groups (broad SMARTS) is 1. The summed E-state index contributed by atoms with van der Waals surface area (Å²) in [6, 6.07) is -0.470. The second-order valence-corrected chi connectivity index (χ2v) is 5.39. The zero-order valence-corrected chi connectivity index (χ0v) is 10.4. The molecule has 1 aliphatic rings. The maximum atomic E-state index is 11.3. The summed E-state index contributed by atoms with van der Waals surface area (Å²) in [5.74, 6) is -0.770. The van der Waals surface area contributed by atoms with Crippen molar-refractivity contribution < 1.29 is 15.0 Å². The molecule has 0 spiro atoms. The Balaban J connectivity index is 2.77. The van der Waals surface area contributed by atoms with Gasteiger partial charge in [-0.3, -0.25) is 9.69 Å². The number of aliphatic carboxylic acids is 1. The molecule has 94 valence electrons. The van der Waals surface area contributed by atoms with Gasteiger partial charge in [-0.2, -0.15) is 0 Å². The van der Waals surface area contributed by atoms with E-state index in [1.165, 1.54) is 0 Å². The van der Waals surface area contributed by atoms with Crippen molar-refractivity contribution in [1.29, 1.82) is 0 Å². The molecule has 1 saturated heterocycles. The van der Waals surface area contributed by atoms with Gasteiger partial charge in [0.1, 0.15) is 6.04 Å². The first-order valence-electron chi connectivity index (χ1n) is 6.03. The van der Waals surface area contributed by atoms with E-state index < -0.39 is 18.1 Å². The van der Waals surface area contributed by atoms with E-state index in [1.807, 2.05) is 25.7 Å². The lowest BCUT2D eigenvalue weighted by Crippen LogP contribution is -2.55. The monoisotopic (exact) mass is 229 g/mol. The first-order valence-corrected chi connectivity index (χ1v) is 6.03. The van der Waals surface area contributed by atoms with Crippen molar-refractivity contribution in [2.75, 3.05) is 13.1 Å². The maximum Gasteiger partial charge on any atom is 0.321 e. The zero-order chi connectivity index (χ0) is 12.3. The number of aliphatic hydroxyl groups is 1. The van der Waals surface area contributed by atoms with Crippen molar-refractivity contribution in [1.82, 2.24) is 4.90 Å². The van der Waals surface area contributed by atoms with Crippen LogP contribution in [0.5, 0.6) is 0 Å². The molecule has 0 saturated carbocycles. The Bertz CT molecular complexity index is 253. The molecule has 4 heteroatoms. The van der Waals surface area contributed by atoms with Gasteiger partial charge in [-0.05, 0) is 31.2 Å². The molecular weight excluding hydrogens is 206 g/mol. The third kappa shape index (κ3) is 2.95. The van der Waals surface area contributed by atoms with Gasteiger partial charge in [0.15, 0.2) is 0 Å². The van der Waals surface area contributed by atoms with Crippen LogP contribution in [0.4, 0.5) is 0 Å². The van der Waals surface area contributed by atoms with Gasteiger partial charge in [-0.15, -0.1) is 0 Å². The second-order valence-electron chi connectivity index (χ2n) is 5.39. The largest absolute Gasteiger partial charge is 0.480 e. The fourth-order valence-corrected chi connectivity index (χ4v) is 2.58. The molecule has 4 nitrogen and oxygen atoms in total. The van der Waals surface area contributed by atoms with Gasteiger partial charge in [-0.25, -0.2) is 0 Å². The lowest BCUT2D eigenvalue weighted by atomic mass is 9.76. The Morgan fingerprint density at radius 2 is 2.19 bits per heavy atom. The van der Waals surface area contributed by atoms with E-state index in [0.29, 0.717) is 13.0 Å². The predicted molar refractivity (Wildman–Crippen MR) is 62.3 cm³/mol. The quantitative estimate of drug-likeness (QED) is 0.763. The Morgan fingerprint density at radius 3 is 2.69 bits per heavy atom. The Hall–Kier alpha value is -0.610. The van der Waals surface area contributed by atoms with Crippen LogP contribution in [0.2, 0.25) is 0 Å². The van der Waals surface area contributed by atoms with Crippen LogP contribution in [0, 0.1) is 5.41 Å². The molecule has 2 N–H and O–H groups in total. The van der Waals surface area contributed by atoms with Crippen LogP contribution < -0.4 is 0 Å². The minimum atomic E-state index is -0.770. The van der Waals surface area contributed by atoms with E-state index in [4.69, 9.17) is 0 Å². The summed E-state index contributed by atoms with van der Waals surface area (Å²) in [6.45, 7) is 7.15. The molecule has 16 heavy (non-hydrogen) atoms. The number of likely N-dealkylation sites (tertiary alicyclic amines) is 1. The number of aliphatic hydroxyl groups excluding tert-OH is 1. The van der Waals surface area contributed by atoms with E-state index in [0.717, 1.165) is 19.4 Å². The molecule has 1 heterocycles. The molecule has 0 aliphatic carbocycles. The van der Waals surface area contributed by atoms with Gasteiger partial charge in [0.2, 0.25) is 0 Å². The van der Waals surface area contributed by atoms with Crippen LogP contribution in [-0.4, -0.2) is 46.3 Å². The summed E-state index contributed by atoms with van der Waals surface area (Å²) in [7, 11) is 0. The van der Waals surface area contributed by atoms with Crippen molar-refractivity contribution in [3.63, 3.8) is 0 Å². The van der Waals surface area contributed by atoms with Crippen LogP contribution in [0.1, 0.15) is 40.0 Å². The van der Waals surface area contributed by atoms with Crippen LogP contribution in [0.15, 0.2) is 0 Å². The number of hydrogen-bond acceptors (Lipinski definition) is 3. The lowest BCUT2D eigenvalue weighted by molar-refractivity contribution is -0.151. The van der Waals surface area contributed by atoms with Gasteiger partial charge >= 0.3 is 5.97 Å². The number of piperidine rings is 1. The van der Waals surface area contributed by atoms with Gasteiger partial charge in [0, 0.05) is 6.54 Å². The Labute approximate surface area is 97.3 Å². The van der Waals surface area contributed by atoms with E-state index in [9.17, 15) is 15.0 Å². The molecule has 0 radical (unpaired) electrons. The van der Waals surface area contributed by atoms with Crippen molar-refractivity contribution in [2.24, 2.45) is 5.41 Å². The summed E-state index contributed by atoms with van der Waals surface area (Å²) < 4.78 is 0. The fourth-order valence-electron chi connectivity index (χ4n) is 2.58. The van der Waals surface area contributed by atoms with Gasteiger partial charge in [-0.1, -0.05) is 20.8 Å². The predicted octanol–water partition coefficient (Wildman–Crippen LogP) is 1.33. The number of nitrogens with zero attached hydrogens (tertiary/aromatic N) is 1. The first kappa shape index (κ1) is 13.5. The summed E-state index contributed by atoms with van der Waals surface area (Å²) in [4.78, 5) is 13.2. The SMILES string of the molecule is CCC(O)CN1CCCC(C)(C)C1C(=O)O. The molecule has 1 fully saturated rings. The highest BCUT2D eigenvalue weighted by Gasteiger charge is 2.42. The fraction of sp³-hybridized carbons (Fsp3) is 0.917. The molecule has 1 rings (SSSR count). The molecule has 0 aromatic heterocycles. The van der Waals surface area contributed by atoms with Crippen molar-refractivity contribution in [3.05, 3.63) is 0 Å². The highest BCUT2D eigenvalue weighted by atomic mass is 16.4. The van der Waals surface area contributed by atoms with Gasteiger partial charge in [0.25, 0.3) is 0 Å². The van der Waals surface area contributed by atoms with Crippen molar-refractivity contribution in [3.8, 4) is 0 Å². The molecule has 2 unspecified atom stereocenters. The number of carbonyl (C=O) groups is 1. The van der Waals surface area contributed by atoms with Crippen molar-refractivity contribution >= 4 is 5.97 Å². The Morgan fingerprint density at radius 1 is 1.56 bits per heavy atom. The minimum absolute atomic E-state index is 0.211. The Kier molecular flexibility index (Phi) is 4.33. The zero-order valence-electron chi connectivity index (χ0n) is 10.4. The number of carboxylic acids is 1. The van der Waals surface area contributed by atoms with E-state index in [1.54, 1.807) is 0 Å². The lowest BCUT2D eigenvalue weighted by Gasteiger charge is -2.44. The number of β-amino-alcohol motifs (C(OH)–C–C–N with tert-alkyl or cyclic N) is 1. The maximum absolute atomic E-state index is 11.3. The smallest absolute Gasteiger partial charge is 0.321 e. The van der Waals surface area contributed by atoms with Crippen LogP contribution in [-0.2, 0) is 4.79 Å². The van der Waals surface area contributed by atoms with Crippen LogP contribution >= 0.6 is 0 Å². The molecule has 0 amide bonds. The average molecular weight is 229 g/mol. The first-order chi connectivity index (χ1) is 7.38. The molecule has 0 aromatic rings. The van der Waals surface area contributed by atoms with E-state index >= 15 is 0 Å². The standard InChI is InChI=1S/C12H23NO3/c1-4-9(14)8-13-7-5-6-12(2,3)10(13)11(15)16/h9-10,14H,4-8H2,1-3H3,(H,15,16). The van der Waals surface area contributed by atoms with Crippen LogP contribution in [0.25, 0.3) is 0 Å². The highest BCUT2D eigenvalue weighted by molar-refractivity contribution is 5.74. The minimum Gasteiger partial charge on any atom is -0.480 e. The topological polar surface area (TPSA) is 60.8 Å². The molecule has 1 aliphatic heterocycles. The summed E-state index contributed by atoms with van der Waals surface area (Å²) in [5.41, 5.74) is -0.211. The van der Waals surface area contributed by atoms with E-state index in [-0.39, 0.29) is 5.41 Å². The average Bonchev–Trinajstić information content (AvgIpc) is 2.15. The third-order valence-corrected chi connectivity index (χ3v) is 3.52. The molecule has 2 atom stereocenters. The number of hydrogen-bond donors (Lipinski definition) is 2. The summed E-state index contributed by atoms with van der Waals surface area (Å²) >= 11 is 0. The van der Waals surface area contributed by atoms with E-state index in [2.05, 4.69) is 0 Å². The summed E-state index contributed by atoms with van der Waals surface area (Å²) in [6.07, 6.45) is 2.19. The van der Waals surface area contributed by atoms with Gasteiger partial charge < -0.3 is 10.2 Å². The summed E-state index contributed by atoms with van der Waals surface area (Å²) in [5, 5.41) is 19.0. The molecular formula is C12H23NO3. The van der Waals surface area contributed by atoms with Crippen molar-refractivity contribution in [2.45, 2.75) is 52.2 Å². The number of rotatable bonds is 4. The third-order valence-electron chi connectivity index (χ3n) is 3.52.